The van der Waals surface area contributed by atoms with E-state index in [1.807, 2.05) is 20.8 Å². The SMILES string of the molecule is CC(C)(C)n1c(CCl)nnc1COCC(F)(F)F. The van der Waals surface area contributed by atoms with Crippen LogP contribution in [-0.2, 0) is 22.8 Å². The zero-order valence-electron chi connectivity index (χ0n) is 10.4. The van der Waals surface area contributed by atoms with E-state index < -0.39 is 12.8 Å². The van der Waals surface area contributed by atoms with Gasteiger partial charge in [-0.3, -0.25) is 0 Å². The van der Waals surface area contributed by atoms with E-state index in [4.69, 9.17) is 11.6 Å². The zero-order valence-corrected chi connectivity index (χ0v) is 11.1. The Morgan fingerprint density at radius 3 is 2.17 bits per heavy atom. The molecule has 0 bridgehead atoms. The Balaban J connectivity index is 2.81. The summed E-state index contributed by atoms with van der Waals surface area (Å²) in [6.07, 6.45) is -4.35. The molecule has 1 aromatic rings. The smallest absolute Gasteiger partial charge is 0.364 e. The van der Waals surface area contributed by atoms with Gasteiger partial charge in [-0.05, 0) is 20.8 Å². The average molecular weight is 286 g/mol. The minimum atomic E-state index is -4.35. The molecule has 0 aromatic carbocycles. The number of aromatic nitrogens is 3. The molecule has 1 heterocycles. The fraction of sp³-hybridized carbons (Fsp3) is 0.800. The van der Waals surface area contributed by atoms with Crippen LogP contribution in [0.15, 0.2) is 0 Å². The number of nitrogens with zero attached hydrogens (tertiary/aromatic N) is 3. The molecule has 1 aromatic heterocycles. The summed E-state index contributed by atoms with van der Waals surface area (Å²) in [5, 5.41) is 7.65. The summed E-state index contributed by atoms with van der Waals surface area (Å²) in [4.78, 5) is 0. The Bertz CT molecular complexity index is 398. The lowest BCUT2D eigenvalue weighted by molar-refractivity contribution is -0.177. The van der Waals surface area contributed by atoms with Crippen molar-refractivity contribution >= 4 is 11.6 Å². The molecule has 0 N–H and O–H groups in total. The summed E-state index contributed by atoms with van der Waals surface area (Å²) < 4.78 is 42.2. The van der Waals surface area contributed by atoms with Crippen molar-refractivity contribution in [1.82, 2.24) is 14.8 Å². The van der Waals surface area contributed by atoms with E-state index in [1.165, 1.54) is 0 Å². The average Bonchev–Trinajstić information content (AvgIpc) is 2.58. The fourth-order valence-corrected chi connectivity index (χ4v) is 1.74. The Hall–Kier alpha value is -0.820. The molecule has 4 nitrogen and oxygen atoms in total. The summed E-state index contributed by atoms with van der Waals surface area (Å²) in [5.41, 5.74) is -0.370. The molecule has 0 unspecified atom stereocenters. The van der Waals surface area contributed by atoms with Crippen molar-refractivity contribution < 1.29 is 17.9 Å². The van der Waals surface area contributed by atoms with Crippen molar-refractivity contribution in [3.63, 3.8) is 0 Å². The van der Waals surface area contributed by atoms with Crippen LogP contribution in [-0.4, -0.2) is 27.5 Å². The molecule has 0 aliphatic carbocycles. The van der Waals surface area contributed by atoms with Crippen LogP contribution < -0.4 is 0 Å². The van der Waals surface area contributed by atoms with Crippen molar-refractivity contribution in [3.8, 4) is 0 Å². The normalized spacial score (nSPS) is 13.1. The van der Waals surface area contributed by atoms with Crippen LogP contribution in [0.1, 0.15) is 32.4 Å². The highest BCUT2D eigenvalue weighted by molar-refractivity contribution is 6.16. The van der Waals surface area contributed by atoms with Crippen LogP contribution in [0.25, 0.3) is 0 Å². The molecule has 0 radical (unpaired) electrons. The predicted octanol–water partition coefficient (Wildman–Crippen LogP) is 2.85. The molecule has 1 rings (SSSR count). The summed E-state index contributed by atoms with van der Waals surface area (Å²) in [5.74, 6) is 0.987. The highest BCUT2D eigenvalue weighted by Gasteiger charge is 2.28. The molecule has 18 heavy (non-hydrogen) atoms. The quantitative estimate of drug-likeness (QED) is 0.799. The Morgan fingerprint density at radius 2 is 1.72 bits per heavy atom. The highest BCUT2D eigenvalue weighted by Crippen LogP contribution is 2.21. The topological polar surface area (TPSA) is 39.9 Å². The first-order valence-electron chi connectivity index (χ1n) is 5.29. The number of alkyl halides is 4. The van der Waals surface area contributed by atoms with Gasteiger partial charge in [0, 0.05) is 5.54 Å². The fourth-order valence-electron chi connectivity index (χ4n) is 1.57. The second-order valence-corrected chi connectivity index (χ2v) is 5.05. The molecule has 0 saturated heterocycles. The number of ether oxygens (including phenoxy) is 1. The summed E-state index contributed by atoms with van der Waals surface area (Å²) >= 11 is 5.71. The van der Waals surface area contributed by atoms with Crippen molar-refractivity contribution in [2.75, 3.05) is 6.61 Å². The molecule has 0 spiro atoms. The van der Waals surface area contributed by atoms with E-state index in [1.54, 1.807) is 4.57 Å². The second kappa shape index (κ2) is 5.44. The Kier molecular flexibility index (Phi) is 4.61. The molecule has 0 aliphatic heterocycles. The van der Waals surface area contributed by atoms with Crippen molar-refractivity contribution in [2.24, 2.45) is 0 Å². The molecular formula is C10H15ClF3N3O. The van der Waals surface area contributed by atoms with Gasteiger partial charge in [0.1, 0.15) is 19.0 Å². The monoisotopic (exact) mass is 285 g/mol. The number of halogens is 4. The van der Waals surface area contributed by atoms with Crippen molar-refractivity contribution in [2.45, 2.75) is 45.0 Å². The van der Waals surface area contributed by atoms with E-state index in [2.05, 4.69) is 14.9 Å². The molecule has 0 saturated carbocycles. The van der Waals surface area contributed by atoms with Crippen LogP contribution in [0.4, 0.5) is 13.2 Å². The summed E-state index contributed by atoms with van der Waals surface area (Å²) in [7, 11) is 0. The first-order chi connectivity index (χ1) is 8.15. The van der Waals surface area contributed by atoms with E-state index >= 15 is 0 Å². The van der Waals surface area contributed by atoms with Gasteiger partial charge in [0.15, 0.2) is 5.82 Å². The highest BCUT2D eigenvalue weighted by atomic mass is 35.5. The standard InChI is InChI=1S/C10H15ClF3N3O/c1-9(2,3)17-7(4-11)15-16-8(17)5-18-6-10(12,13)14/h4-6H2,1-3H3. The summed E-state index contributed by atoms with van der Waals surface area (Å²) in [6, 6.07) is 0. The molecular weight excluding hydrogens is 271 g/mol. The third-order valence-corrected chi connectivity index (χ3v) is 2.32. The first kappa shape index (κ1) is 15.2. The zero-order chi connectivity index (χ0) is 14.0. The first-order valence-corrected chi connectivity index (χ1v) is 5.82. The third-order valence-electron chi connectivity index (χ3n) is 2.08. The van der Waals surface area contributed by atoms with Gasteiger partial charge in [0.05, 0.1) is 5.88 Å². The van der Waals surface area contributed by atoms with E-state index in [0.717, 1.165) is 0 Å². The van der Waals surface area contributed by atoms with Crippen molar-refractivity contribution in [3.05, 3.63) is 11.6 Å². The largest absolute Gasteiger partial charge is 0.411 e. The maximum Gasteiger partial charge on any atom is 0.411 e. The minimum Gasteiger partial charge on any atom is -0.364 e. The number of hydrogen-bond acceptors (Lipinski definition) is 3. The van der Waals surface area contributed by atoms with E-state index in [-0.39, 0.29) is 18.0 Å². The minimum absolute atomic E-state index is 0.142. The molecule has 0 aliphatic rings. The van der Waals surface area contributed by atoms with Crippen LogP contribution in [0.3, 0.4) is 0 Å². The van der Waals surface area contributed by atoms with Crippen LogP contribution in [0.5, 0.6) is 0 Å². The summed E-state index contributed by atoms with van der Waals surface area (Å²) in [6.45, 7) is 4.11. The van der Waals surface area contributed by atoms with Gasteiger partial charge in [0.2, 0.25) is 0 Å². The molecule has 0 amide bonds. The predicted molar refractivity (Wildman–Crippen MR) is 60.3 cm³/mol. The Labute approximate surface area is 108 Å². The molecule has 0 atom stereocenters. The van der Waals surface area contributed by atoms with E-state index in [9.17, 15) is 13.2 Å². The maximum atomic E-state index is 12.0. The number of hydrogen-bond donors (Lipinski definition) is 0. The molecule has 8 heteroatoms. The number of rotatable bonds is 4. The van der Waals surface area contributed by atoms with Crippen LogP contribution in [0, 0.1) is 0 Å². The van der Waals surface area contributed by atoms with Gasteiger partial charge < -0.3 is 9.30 Å². The lowest BCUT2D eigenvalue weighted by atomic mass is 10.1. The van der Waals surface area contributed by atoms with Gasteiger partial charge in [-0.25, -0.2) is 0 Å². The van der Waals surface area contributed by atoms with Gasteiger partial charge in [-0.2, -0.15) is 13.2 Å². The Morgan fingerprint density at radius 1 is 1.17 bits per heavy atom. The molecule has 104 valence electrons. The lowest BCUT2D eigenvalue weighted by Crippen LogP contribution is -2.27. The van der Waals surface area contributed by atoms with Gasteiger partial charge in [-0.1, -0.05) is 0 Å². The van der Waals surface area contributed by atoms with Gasteiger partial charge in [0.25, 0.3) is 0 Å². The maximum absolute atomic E-state index is 12.0. The lowest BCUT2D eigenvalue weighted by Gasteiger charge is -2.24. The van der Waals surface area contributed by atoms with Crippen LogP contribution >= 0.6 is 11.6 Å². The van der Waals surface area contributed by atoms with E-state index in [0.29, 0.717) is 11.6 Å². The molecule has 0 fully saturated rings. The third kappa shape index (κ3) is 4.13. The van der Waals surface area contributed by atoms with Crippen LogP contribution in [0.2, 0.25) is 0 Å². The van der Waals surface area contributed by atoms with Gasteiger partial charge >= 0.3 is 6.18 Å². The second-order valence-electron chi connectivity index (χ2n) is 4.78. The van der Waals surface area contributed by atoms with Crippen molar-refractivity contribution in [1.29, 1.82) is 0 Å². The van der Waals surface area contributed by atoms with Gasteiger partial charge in [-0.15, -0.1) is 21.8 Å².